The fourth-order valence-corrected chi connectivity index (χ4v) is 0. The Hall–Kier alpha value is 0.543. The maximum Gasteiger partial charge on any atom is -1.00 e. The van der Waals surface area contributed by atoms with Crippen molar-refractivity contribution in [3.8, 4) is 0 Å². The second kappa shape index (κ2) is 2.76. The van der Waals surface area contributed by atoms with Gasteiger partial charge in [0.25, 0.3) is 0 Å². The first-order chi connectivity index (χ1) is 2.27. The van der Waals surface area contributed by atoms with Crippen molar-refractivity contribution in [3.05, 3.63) is 0 Å². The smallest absolute Gasteiger partial charge is 1.00 e. The monoisotopic (exact) mass is 137 g/mol. The molecule has 0 spiro atoms. The van der Waals surface area contributed by atoms with Crippen molar-refractivity contribution in [2.75, 3.05) is 0 Å². The molecule has 0 amide bonds. The van der Waals surface area contributed by atoms with E-state index in [-0.39, 0.29) is 4.28 Å². The summed E-state index contributed by atoms with van der Waals surface area (Å²) in [4.78, 5) is 0. The van der Waals surface area contributed by atoms with E-state index >= 15 is 0 Å². The molecule has 0 rings (SSSR count). The summed E-state index contributed by atoms with van der Waals surface area (Å²) in [7, 11) is 0. The van der Waals surface area contributed by atoms with Crippen LogP contribution >= 0.6 is 0 Å². The molecule has 1 unspecified atom stereocenters. The van der Waals surface area contributed by atoms with Crippen LogP contribution in [-0.4, -0.2) is 16.5 Å². The molecule has 0 nitrogen and oxygen atoms in total. The minimum atomic E-state index is 0. The van der Waals surface area contributed by atoms with Crippen LogP contribution in [0.5, 0.6) is 0 Å². The fraction of sp³-hybridized carbons (Fsp3) is 1.00. The molecule has 0 fully saturated rings. The minimum absolute atomic E-state index is 0. The Balaban J connectivity index is -0.0000000267. The Morgan fingerprint density at radius 3 is 2.20 bits per heavy atom. The van der Waals surface area contributed by atoms with E-state index < -0.39 is 0 Å². The average Bonchev–Trinajstić information content (AvgIpc) is 1.38. The predicted octanol–water partition coefficient (Wildman–Crippen LogP) is 0.908. The van der Waals surface area contributed by atoms with Crippen LogP contribution in [0.25, 0.3) is 0 Å². The van der Waals surface area contributed by atoms with E-state index in [9.17, 15) is 0 Å². The van der Waals surface area contributed by atoms with Gasteiger partial charge in [0.05, 0.1) is 0 Å². The van der Waals surface area contributed by atoms with E-state index in [1.54, 1.807) is 0 Å². The summed E-state index contributed by atoms with van der Waals surface area (Å²) < 4.78 is 1.07. The Bertz CT molecular complexity index is 25.2. The van der Waals surface area contributed by atoms with Gasteiger partial charge in [-0.15, -0.1) is 0 Å². The molecule has 0 aromatic rings. The second-order valence-electron chi connectivity index (χ2n) is 1.80. The van der Waals surface area contributed by atoms with Crippen LogP contribution < -0.4 is 0 Å². The van der Waals surface area contributed by atoms with Crippen LogP contribution in [0.2, 0.25) is 4.75 Å². The molecule has 0 radical (unpaired) electrons. The van der Waals surface area contributed by atoms with E-state index in [0.717, 1.165) is 21.3 Å². The van der Waals surface area contributed by atoms with Crippen molar-refractivity contribution in [2.24, 2.45) is 0 Å². The van der Waals surface area contributed by atoms with Crippen LogP contribution in [0.4, 0.5) is 0 Å². The third kappa shape index (κ3) is 4.54. The molecule has 0 aliphatic rings. The van der Waals surface area contributed by atoms with E-state index in [1.807, 2.05) is 0 Å². The van der Waals surface area contributed by atoms with Crippen molar-refractivity contribution in [1.29, 1.82) is 0 Å². The van der Waals surface area contributed by atoms with Crippen LogP contribution in [0.15, 0.2) is 0 Å². The number of hydrogen-bond donors (Lipinski definition) is 0. The molecule has 0 aliphatic heterocycles. The summed E-state index contributed by atoms with van der Waals surface area (Å²) in [5.74, 6) is 0. The van der Waals surface area contributed by atoms with E-state index in [2.05, 4.69) is 13.8 Å². The van der Waals surface area contributed by atoms with Gasteiger partial charge in [-0.1, -0.05) is 0 Å². The molecule has 0 saturated carbocycles. The molecule has 1 atom stereocenters. The predicted molar refractivity (Wildman–Crippen MR) is 33.0 cm³/mol. The summed E-state index contributed by atoms with van der Waals surface area (Å²) in [6, 6.07) is 0. The molecular formula is C4H15Ge-3. The normalized spacial score (nSPS) is 15.6. The van der Waals surface area contributed by atoms with Crippen LogP contribution in [0.3, 0.4) is 0 Å². The van der Waals surface area contributed by atoms with Gasteiger partial charge in [-0.05, 0) is 0 Å². The van der Waals surface area contributed by atoms with Crippen LogP contribution in [0, 0.1) is 0 Å². The van der Waals surface area contributed by atoms with E-state index in [4.69, 9.17) is 0 Å². The molecule has 5 heavy (non-hydrogen) atoms. The molecule has 0 aromatic heterocycles. The van der Waals surface area contributed by atoms with Gasteiger partial charge in [0.15, 0.2) is 0 Å². The quantitative estimate of drug-likeness (QED) is 0.469. The largest absolute Gasteiger partial charge is 1.00 e. The number of hydrogen-bond acceptors (Lipinski definition) is 0. The molecule has 0 heterocycles. The zero-order valence-electron chi connectivity index (χ0n) is 7.28. The van der Waals surface area contributed by atoms with Gasteiger partial charge in [0.2, 0.25) is 0 Å². The van der Waals surface area contributed by atoms with Crippen LogP contribution in [0.1, 0.15) is 24.5 Å². The Kier molecular flexibility index (Phi) is 3.06. The summed E-state index contributed by atoms with van der Waals surface area (Å²) in [6.45, 7) is 4.55. The molecule has 0 saturated heterocycles. The third-order valence-corrected chi connectivity index (χ3v) is 2.53. The van der Waals surface area contributed by atoms with Gasteiger partial charge in [-0.3, -0.25) is 0 Å². The summed E-state index contributed by atoms with van der Waals surface area (Å²) in [5, 5.41) is 0. The van der Waals surface area contributed by atoms with Gasteiger partial charge in [0.1, 0.15) is 0 Å². The van der Waals surface area contributed by atoms with Crippen LogP contribution in [-0.2, 0) is 0 Å². The Morgan fingerprint density at radius 2 is 2.20 bits per heavy atom. The fourth-order valence-electron chi connectivity index (χ4n) is 0. The van der Waals surface area contributed by atoms with Gasteiger partial charge in [-0.2, -0.15) is 0 Å². The molecule has 0 aromatic carbocycles. The first-order valence-electron chi connectivity index (χ1n) is 2.27. The minimum Gasteiger partial charge on any atom is -1.00 e. The first kappa shape index (κ1) is 5.54. The molecule has 0 N–H and O–H groups in total. The topological polar surface area (TPSA) is 0 Å². The summed E-state index contributed by atoms with van der Waals surface area (Å²) in [6.07, 6.45) is 1.39. The zero-order valence-corrected chi connectivity index (χ0v) is 8.48. The van der Waals surface area contributed by atoms with Crippen molar-refractivity contribution in [1.82, 2.24) is 0 Å². The molecule has 1 heteroatoms. The SMILES string of the molecule is CC[CH](C)[GeH3].[H-].[H-].[H-]. The van der Waals surface area contributed by atoms with Crippen molar-refractivity contribution in [2.45, 2.75) is 25.0 Å². The van der Waals surface area contributed by atoms with E-state index in [1.165, 1.54) is 6.42 Å². The third-order valence-electron chi connectivity index (χ3n) is 0.816. The molecular weight excluding hydrogens is 121 g/mol. The molecule has 0 bridgehead atoms. The standard InChI is InChI=1S/C4H12Ge.3H/c1-3-4(2)5;;;/h4H,3H2,1-2,5H3;;;/q;3*-1. The van der Waals surface area contributed by atoms with Gasteiger partial charge in [0, 0.05) is 0 Å². The maximum atomic E-state index is 2.31. The Morgan fingerprint density at radius 1 is 2.00 bits per heavy atom. The zero-order chi connectivity index (χ0) is 4.28. The first-order valence-corrected chi connectivity index (χ1v) is 4.69. The summed E-state index contributed by atoms with van der Waals surface area (Å²) >= 11 is 1.07. The number of rotatable bonds is 1. The molecule has 0 aliphatic carbocycles. The van der Waals surface area contributed by atoms with Gasteiger partial charge in [-0.25, -0.2) is 0 Å². The Labute approximate surface area is 46.6 Å². The van der Waals surface area contributed by atoms with Gasteiger partial charge < -0.3 is 4.28 Å². The van der Waals surface area contributed by atoms with Crippen molar-refractivity contribution >= 4 is 16.5 Å². The maximum absolute atomic E-state index is 2.31. The van der Waals surface area contributed by atoms with Crippen molar-refractivity contribution in [3.63, 3.8) is 0 Å². The molecule has 38 valence electrons. The average molecular weight is 136 g/mol. The second-order valence-corrected chi connectivity index (χ2v) is 5.94. The van der Waals surface area contributed by atoms with Gasteiger partial charge >= 0.3 is 41.5 Å². The summed E-state index contributed by atoms with van der Waals surface area (Å²) in [5.41, 5.74) is 0. The van der Waals surface area contributed by atoms with Crippen molar-refractivity contribution < 1.29 is 4.28 Å². The van der Waals surface area contributed by atoms with E-state index in [0.29, 0.717) is 0 Å².